The summed E-state index contributed by atoms with van der Waals surface area (Å²) in [6.45, 7) is 5.17. The molecule has 0 aliphatic heterocycles. The number of hydrogen-bond acceptors (Lipinski definition) is 6. The predicted molar refractivity (Wildman–Crippen MR) is 83.6 cm³/mol. The number of thiophene rings is 1. The maximum Gasteiger partial charge on any atom is 0.325 e. The van der Waals surface area contributed by atoms with Crippen molar-refractivity contribution in [2.45, 2.75) is 26.4 Å². The average Bonchev–Trinajstić information content (AvgIpc) is 3.03. The van der Waals surface area contributed by atoms with Gasteiger partial charge in [0.25, 0.3) is 5.91 Å². The molecule has 0 aliphatic carbocycles. The molecule has 1 N–H and O–H groups in total. The third-order valence-corrected chi connectivity index (χ3v) is 3.89. The number of nitrogens with zero attached hydrogens (tertiary/aromatic N) is 1. The fraction of sp³-hybridized carbons (Fsp3) is 0.357. The molecule has 1 amide bonds. The summed E-state index contributed by atoms with van der Waals surface area (Å²) in [5, 5.41) is 8.91. The number of carbonyl (C=O) groups excluding carboxylic acids is 2. The molecule has 2 rings (SSSR count). The van der Waals surface area contributed by atoms with Crippen molar-refractivity contribution in [1.29, 1.82) is 0 Å². The van der Waals surface area contributed by atoms with Gasteiger partial charge >= 0.3 is 5.97 Å². The number of thiazole rings is 1. The Morgan fingerprint density at radius 2 is 2.10 bits per heavy atom. The van der Waals surface area contributed by atoms with Crippen LogP contribution in [0.15, 0.2) is 22.2 Å². The summed E-state index contributed by atoms with van der Waals surface area (Å²) in [4.78, 5) is 27.7. The summed E-state index contributed by atoms with van der Waals surface area (Å²) in [6, 6.07) is 1.95. The van der Waals surface area contributed by atoms with E-state index in [0.717, 1.165) is 10.6 Å². The second-order valence-electron chi connectivity index (χ2n) is 5.32. The highest BCUT2D eigenvalue weighted by Gasteiger charge is 2.18. The Kier molecular flexibility index (Phi) is 4.74. The lowest BCUT2D eigenvalue weighted by atomic mass is 10.2. The van der Waals surface area contributed by atoms with Gasteiger partial charge in [-0.15, -0.1) is 11.3 Å². The van der Waals surface area contributed by atoms with Crippen molar-refractivity contribution in [2.24, 2.45) is 0 Å². The minimum atomic E-state index is -0.561. The van der Waals surface area contributed by atoms with Crippen LogP contribution in [0.2, 0.25) is 0 Å². The van der Waals surface area contributed by atoms with Gasteiger partial charge in [0.2, 0.25) is 0 Å². The van der Waals surface area contributed by atoms with E-state index in [4.69, 9.17) is 4.74 Å². The first-order valence-electron chi connectivity index (χ1n) is 6.33. The Morgan fingerprint density at radius 1 is 1.33 bits per heavy atom. The van der Waals surface area contributed by atoms with E-state index in [9.17, 15) is 9.59 Å². The first-order valence-corrected chi connectivity index (χ1v) is 8.15. The number of nitrogens with one attached hydrogen (secondary N) is 1. The van der Waals surface area contributed by atoms with Crippen LogP contribution in [0.1, 0.15) is 31.3 Å². The van der Waals surface area contributed by atoms with Crippen molar-refractivity contribution in [3.63, 3.8) is 0 Å². The van der Waals surface area contributed by atoms with E-state index < -0.39 is 11.6 Å². The summed E-state index contributed by atoms with van der Waals surface area (Å²) in [5.41, 5.74) is 0.745. The van der Waals surface area contributed by atoms with Crippen molar-refractivity contribution in [2.75, 3.05) is 6.54 Å². The van der Waals surface area contributed by atoms with Crippen molar-refractivity contribution >= 4 is 34.6 Å². The fourth-order valence-electron chi connectivity index (χ4n) is 1.52. The van der Waals surface area contributed by atoms with Gasteiger partial charge in [0.05, 0.1) is 0 Å². The number of esters is 1. The highest BCUT2D eigenvalue weighted by Crippen LogP contribution is 2.25. The average molecular weight is 324 g/mol. The van der Waals surface area contributed by atoms with Crippen LogP contribution < -0.4 is 5.32 Å². The number of carbonyl (C=O) groups is 2. The molecule has 0 fully saturated rings. The van der Waals surface area contributed by atoms with Crippen LogP contribution >= 0.6 is 22.7 Å². The zero-order valence-corrected chi connectivity index (χ0v) is 13.6. The zero-order valence-electron chi connectivity index (χ0n) is 12.0. The molecule has 21 heavy (non-hydrogen) atoms. The number of ether oxygens (including phenoxy) is 1. The lowest BCUT2D eigenvalue weighted by Gasteiger charge is -2.19. The topological polar surface area (TPSA) is 68.3 Å². The van der Waals surface area contributed by atoms with Crippen molar-refractivity contribution < 1.29 is 14.3 Å². The van der Waals surface area contributed by atoms with E-state index in [2.05, 4.69) is 10.3 Å². The van der Waals surface area contributed by atoms with E-state index >= 15 is 0 Å². The van der Waals surface area contributed by atoms with Crippen LogP contribution in [-0.4, -0.2) is 29.0 Å². The van der Waals surface area contributed by atoms with Gasteiger partial charge in [-0.05, 0) is 32.2 Å². The smallest absolute Gasteiger partial charge is 0.325 e. The van der Waals surface area contributed by atoms with Crippen molar-refractivity contribution in [3.8, 4) is 10.6 Å². The van der Waals surface area contributed by atoms with Crippen molar-refractivity contribution in [1.82, 2.24) is 10.3 Å². The van der Waals surface area contributed by atoms with Crippen LogP contribution in [0.25, 0.3) is 10.6 Å². The van der Waals surface area contributed by atoms with Crippen LogP contribution in [0.4, 0.5) is 0 Å². The van der Waals surface area contributed by atoms with Gasteiger partial charge in [-0.25, -0.2) is 4.98 Å². The molecular weight excluding hydrogens is 308 g/mol. The molecule has 2 aromatic heterocycles. The Hall–Kier alpha value is -1.73. The van der Waals surface area contributed by atoms with Crippen molar-refractivity contribution in [3.05, 3.63) is 27.9 Å². The summed E-state index contributed by atoms with van der Waals surface area (Å²) in [5.74, 6) is -0.845. The molecule has 0 bridgehead atoms. The first-order chi connectivity index (χ1) is 9.85. The van der Waals surface area contributed by atoms with Crippen LogP contribution in [0.5, 0.6) is 0 Å². The molecule has 0 saturated carbocycles. The molecule has 0 unspecified atom stereocenters. The zero-order chi connectivity index (χ0) is 15.5. The van der Waals surface area contributed by atoms with Crippen LogP contribution in [0, 0.1) is 0 Å². The van der Waals surface area contributed by atoms with Gasteiger partial charge in [0.1, 0.15) is 22.8 Å². The summed E-state index contributed by atoms with van der Waals surface area (Å²) < 4.78 is 5.12. The molecule has 0 saturated heterocycles. The molecule has 0 spiro atoms. The molecule has 112 valence electrons. The molecule has 5 nitrogen and oxygen atoms in total. The Labute approximate surface area is 131 Å². The van der Waals surface area contributed by atoms with E-state index in [1.54, 1.807) is 37.5 Å². The Morgan fingerprint density at radius 3 is 2.71 bits per heavy atom. The van der Waals surface area contributed by atoms with Gasteiger partial charge in [-0.3, -0.25) is 9.59 Å². The lowest BCUT2D eigenvalue weighted by Crippen LogP contribution is -2.34. The molecule has 0 atom stereocenters. The quantitative estimate of drug-likeness (QED) is 0.878. The second kappa shape index (κ2) is 6.36. The molecule has 2 aromatic rings. The van der Waals surface area contributed by atoms with Gasteiger partial charge in [0, 0.05) is 16.3 Å². The third kappa shape index (κ3) is 4.64. The largest absolute Gasteiger partial charge is 0.459 e. The Balaban J connectivity index is 1.91. The molecule has 2 heterocycles. The molecule has 0 aliphatic rings. The molecule has 7 heteroatoms. The normalized spacial score (nSPS) is 11.2. The maximum atomic E-state index is 11.9. The van der Waals surface area contributed by atoms with E-state index in [1.807, 2.05) is 16.8 Å². The Bertz CT molecular complexity index is 627. The van der Waals surface area contributed by atoms with Crippen LogP contribution in [0.3, 0.4) is 0 Å². The number of hydrogen-bond donors (Lipinski definition) is 1. The molecule has 0 radical (unpaired) electrons. The summed E-state index contributed by atoms with van der Waals surface area (Å²) >= 11 is 2.97. The standard InChI is InChI=1S/C14H16N2O3S2/c1-14(2,3)19-11(17)6-15-12(18)10-8-21-13(16-10)9-4-5-20-7-9/h4-5,7-8H,6H2,1-3H3,(H,15,18). The summed E-state index contributed by atoms with van der Waals surface area (Å²) in [6.07, 6.45) is 0. The third-order valence-electron chi connectivity index (χ3n) is 2.32. The first kappa shape index (κ1) is 15.7. The van der Waals surface area contributed by atoms with Gasteiger partial charge in [0.15, 0.2) is 0 Å². The molecule has 0 aromatic carbocycles. The number of rotatable bonds is 4. The highest BCUT2D eigenvalue weighted by molar-refractivity contribution is 7.14. The molecular formula is C14H16N2O3S2. The second-order valence-corrected chi connectivity index (χ2v) is 6.96. The van der Waals surface area contributed by atoms with Gasteiger partial charge in [-0.1, -0.05) is 0 Å². The SMILES string of the molecule is CC(C)(C)OC(=O)CNC(=O)c1csc(-c2ccsc2)n1. The summed E-state index contributed by atoms with van der Waals surface area (Å²) in [7, 11) is 0. The monoisotopic (exact) mass is 324 g/mol. The number of amides is 1. The highest BCUT2D eigenvalue weighted by atomic mass is 32.1. The van der Waals surface area contributed by atoms with E-state index in [0.29, 0.717) is 5.69 Å². The minimum absolute atomic E-state index is 0.165. The lowest BCUT2D eigenvalue weighted by molar-refractivity contribution is -0.153. The van der Waals surface area contributed by atoms with Crippen LogP contribution in [-0.2, 0) is 9.53 Å². The van der Waals surface area contributed by atoms with E-state index in [-0.39, 0.29) is 12.5 Å². The van der Waals surface area contributed by atoms with Gasteiger partial charge in [-0.2, -0.15) is 11.3 Å². The van der Waals surface area contributed by atoms with E-state index in [1.165, 1.54) is 11.3 Å². The van der Waals surface area contributed by atoms with Gasteiger partial charge < -0.3 is 10.1 Å². The minimum Gasteiger partial charge on any atom is -0.459 e. The maximum absolute atomic E-state index is 11.9. The predicted octanol–water partition coefficient (Wildman–Crippen LogP) is 2.94. The fourth-order valence-corrected chi connectivity index (χ4v) is 3.03. The number of aromatic nitrogens is 1.